The van der Waals surface area contributed by atoms with Crippen LogP contribution in [0.3, 0.4) is 0 Å². The number of hydrogen-bond acceptors (Lipinski definition) is 4. The van der Waals surface area contributed by atoms with Crippen LogP contribution in [0.5, 0.6) is 5.75 Å². The Bertz CT molecular complexity index is 956. The molecule has 0 unspecified atom stereocenters. The average molecular weight is 451 g/mol. The van der Waals surface area contributed by atoms with Crippen molar-refractivity contribution in [2.24, 2.45) is 10.8 Å². The molecule has 0 spiro atoms. The van der Waals surface area contributed by atoms with Gasteiger partial charge < -0.3 is 9.47 Å². The lowest BCUT2D eigenvalue weighted by molar-refractivity contribution is -0.120. The summed E-state index contributed by atoms with van der Waals surface area (Å²) in [5.74, 6) is 2.06. The molecule has 3 aliphatic rings. The Balaban J connectivity index is 1.78. The molecule has 1 aromatic rings. The summed E-state index contributed by atoms with van der Waals surface area (Å²) >= 11 is 0. The maximum atomic E-state index is 13.5. The van der Waals surface area contributed by atoms with E-state index in [2.05, 4.69) is 34.6 Å². The molecule has 1 heterocycles. The fourth-order valence-corrected chi connectivity index (χ4v) is 5.55. The van der Waals surface area contributed by atoms with Gasteiger partial charge in [0.25, 0.3) is 0 Å². The molecule has 0 atom stereocenters. The number of ether oxygens (including phenoxy) is 2. The van der Waals surface area contributed by atoms with Gasteiger partial charge in [-0.3, -0.25) is 9.59 Å². The number of para-hydroxylation sites is 1. The average Bonchev–Trinajstić information content (AvgIpc) is 2.70. The first-order valence-electron chi connectivity index (χ1n) is 12.5. The van der Waals surface area contributed by atoms with E-state index in [0.29, 0.717) is 43.4 Å². The topological polar surface area (TPSA) is 52.6 Å². The number of benzene rings is 1. The minimum Gasteiger partial charge on any atom is -0.493 e. The Hall–Kier alpha value is -2.36. The van der Waals surface area contributed by atoms with Gasteiger partial charge in [0, 0.05) is 42.4 Å². The molecule has 0 bridgehead atoms. The molecule has 4 heteroatoms. The molecular weight excluding hydrogens is 412 g/mol. The van der Waals surface area contributed by atoms with Crippen molar-refractivity contribution in [3.63, 3.8) is 0 Å². The minimum absolute atomic E-state index is 0.0909. The molecule has 0 radical (unpaired) electrons. The van der Waals surface area contributed by atoms with E-state index in [1.54, 1.807) is 0 Å². The molecule has 1 aliphatic heterocycles. The van der Waals surface area contributed by atoms with Gasteiger partial charge in [-0.25, -0.2) is 0 Å². The monoisotopic (exact) mass is 450 g/mol. The van der Waals surface area contributed by atoms with Crippen molar-refractivity contribution >= 4 is 11.6 Å². The summed E-state index contributed by atoms with van der Waals surface area (Å²) in [4.78, 5) is 26.9. The summed E-state index contributed by atoms with van der Waals surface area (Å²) < 4.78 is 12.6. The van der Waals surface area contributed by atoms with Crippen LogP contribution in [-0.2, 0) is 14.3 Å². The van der Waals surface area contributed by atoms with Crippen LogP contribution in [-0.4, -0.2) is 18.2 Å². The van der Waals surface area contributed by atoms with Crippen LogP contribution >= 0.6 is 0 Å². The van der Waals surface area contributed by atoms with E-state index in [1.807, 2.05) is 24.3 Å². The molecule has 4 nitrogen and oxygen atoms in total. The zero-order chi connectivity index (χ0) is 23.8. The molecule has 0 saturated carbocycles. The summed E-state index contributed by atoms with van der Waals surface area (Å²) in [5, 5.41) is 0. The Labute approximate surface area is 198 Å². The van der Waals surface area contributed by atoms with Crippen LogP contribution in [0.1, 0.15) is 97.5 Å². The van der Waals surface area contributed by atoms with Crippen LogP contribution in [0.25, 0.3) is 0 Å². The first kappa shape index (κ1) is 23.8. The predicted octanol–water partition coefficient (Wildman–Crippen LogP) is 7.05. The van der Waals surface area contributed by atoms with E-state index in [0.717, 1.165) is 35.7 Å². The third kappa shape index (κ3) is 4.95. The second-order valence-electron chi connectivity index (χ2n) is 11.5. The highest BCUT2D eigenvalue weighted by Crippen LogP contribution is 2.54. The quantitative estimate of drug-likeness (QED) is 0.418. The molecular formula is C29H38O4. The van der Waals surface area contributed by atoms with Crippen molar-refractivity contribution < 1.29 is 19.1 Å². The highest BCUT2D eigenvalue weighted by Gasteiger charge is 2.48. The summed E-state index contributed by atoms with van der Waals surface area (Å²) in [5.41, 5.74) is 1.95. The van der Waals surface area contributed by atoms with Crippen LogP contribution in [0.2, 0.25) is 0 Å². The molecule has 33 heavy (non-hydrogen) atoms. The maximum Gasteiger partial charge on any atom is 0.163 e. The summed E-state index contributed by atoms with van der Waals surface area (Å²) in [6, 6.07) is 7.93. The van der Waals surface area contributed by atoms with E-state index in [4.69, 9.17) is 9.47 Å². The molecule has 1 aromatic carbocycles. The highest BCUT2D eigenvalue weighted by atomic mass is 16.5. The first-order valence-corrected chi connectivity index (χ1v) is 12.5. The van der Waals surface area contributed by atoms with Gasteiger partial charge >= 0.3 is 0 Å². The third-order valence-corrected chi connectivity index (χ3v) is 7.07. The van der Waals surface area contributed by atoms with Gasteiger partial charge in [-0.15, -0.1) is 0 Å². The molecule has 0 fully saturated rings. The van der Waals surface area contributed by atoms with Crippen LogP contribution in [0.4, 0.5) is 0 Å². The summed E-state index contributed by atoms with van der Waals surface area (Å²) in [7, 11) is 0. The number of carbonyl (C=O) groups is 2. The van der Waals surface area contributed by atoms with E-state index in [9.17, 15) is 9.59 Å². The Morgan fingerprint density at radius 1 is 0.848 bits per heavy atom. The number of unbranched alkanes of at least 4 members (excludes halogenated alkanes) is 3. The Kier molecular flexibility index (Phi) is 6.57. The van der Waals surface area contributed by atoms with Gasteiger partial charge in [0.15, 0.2) is 11.6 Å². The van der Waals surface area contributed by atoms with Gasteiger partial charge in [0.1, 0.15) is 17.3 Å². The lowest BCUT2D eigenvalue weighted by Crippen LogP contribution is -2.37. The number of Topliss-reactive ketones (excluding diaryl/α,β-unsaturated/α-hetero) is 2. The molecule has 0 aromatic heterocycles. The van der Waals surface area contributed by atoms with Gasteiger partial charge in [0.2, 0.25) is 0 Å². The van der Waals surface area contributed by atoms with Crippen LogP contribution in [0.15, 0.2) is 46.9 Å². The van der Waals surface area contributed by atoms with Crippen molar-refractivity contribution in [3.8, 4) is 5.75 Å². The van der Waals surface area contributed by atoms with Gasteiger partial charge in [-0.1, -0.05) is 72.1 Å². The van der Waals surface area contributed by atoms with E-state index in [1.165, 1.54) is 12.8 Å². The second kappa shape index (κ2) is 9.12. The zero-order valence-corrected chi connectivity index (χ0v) is 20.9. The lowest BCUT2D eigenvalue weighted by atomic mass is 9.65. The second-order valence-corrected chi connectivity index (χ2v) is 11.5. The SMILES string of the molecule is CCCCCCOc1ccccc1C1C2=C(CC(C)(C)CC2=O)OC2=C1C(=O)CC(C)(C)C2. The molecule has 2 aliphatic carbocycles. The standard InChI is InChI=1S/C29H38O4/c1-6-7-8-11-14-32-22-13-10-9-12-19(22)25-26-20(30)15-28(2,3)17-23(26)33-24-18-29(4,5)16-21(31)27(24)25/h9-10,12-13,25H,6-8,11,14-18H2,1-5H3. The number of rotatable bonds is 7. The van der Waals surface area contributed by atoms with E-state index < -0.39 is 5.92 Å². The fraction of sp³-hybridized carbons (Fsp3) is 0.586. The number of carbonyl (C=O) groups excluding carboxylic acids is 2. The lowest BCUT2D eigenvalue weighted by Gasteiger charge is -2.43. The van der Waals surface area contributed by atoms with Crippen LogP contribution < -0.4 is 4.74 Å². The molecule has 4 rings (SSSR count). The van der Waals surface area contributed by atoms with Crippen molar-refractivity contribution in [2.45, 2.75) is 91.9 Å². The van der Waals surface area contributed by atoms with Crippen molar-refractivity contribution in [2.75, 3.05) is 6.61 Å². The van der Waals surface area contributed by atoms with Gasteiger partial charge in [0.05, 0.1) is 12.5 Å². The van der Waals surface area contributed by atoms with Gasteiger partial charge in [-0.2, -0.15) is 0 Å². The van der Waals surface area contributed by atoms with E-state index >= 15 is 0 Å². The van der Waals surface area contributed by atoms with Gasteiger partial charge in [-0.05, 0) is 23.3 Å². The number of ketones is 2. The van der Waals surface area contributed by atoms with Crippen molar-refractivity contribution in [3.05, 3.63) is 52.5 Å². The summed E-state index contributed by atoms with van der Waals surface area (Å²) in [6.45, 7) is 11.3. The van der Waals surface area contributed by atoms with Crippen molar-refractivity contribution in [1.29, 1.82) is 0 Å². The summed E-state index contributed by atoms with van der Waals surface area (Å²) in [6.07, 6.45) is 6.86. The molecule has 178 valence electrons. The maximum absolute atomic E-state index is 13.5. The zero-order valence-electron chi connectivity index (χ0n) is 20.9. The normalized spacial score (nSPS) is 22.1. The first-order chi connectivity index (χ1) is 15.6. The molecule has 0 amide bonds. The van der Waals surface area contributed by atoms with Crippen molar-refractivity contribution in [1.82, 2.24) is 0 Å². The third-order valence-electron chi connectivity index (χ3n) is 7.07. The minimum atomic E-state index is -0.400. The van der Waals surface area contributed by atoms with Crippen LogP contribution in [0, 0.1) is 10.8 Å². The molecule has 0 saturated heterocycles. The fourth-order valence-electron chi connectivity index (χ4n) is 5.55. The predicted molar refractivity (Wildman–Crippen MR) is 130 cm³/mol. The Morgan fingerprint density at radius 3 is 2.00 bits per heavy atom. The number of hydrogen-bond donors (Lipinski definition) is 0. The largest absolute Gasteiger partial charge is 0.493 e. The smallest absolute Gasteiger partial charge is 0.163 e. The highest BCUT2D eigenvalue weighted by molar-refractivity contribution is 6.06. The molecule has 0 N–H and O–H groups in total. The van der Waals surface area contributed by atoms with E-state index in [-0.39, 0.29) is 22.4 Å². The number of allylic oxidation sites excluding steroid dienone is 4. The Morgan fingerprint density at radius 2 is 1.42 bits per heavy atom.